The molecule has 0 saturated carbocycles. The number of hydrogen-bond acceptors (Lipinski definition) is 6. The van der Waals surface area contributed by atoms with Gasteiger partial charge in [-0.3, -0.25) is 10.1 Å². The van der Waals surface area contributed by atoms with Gasteiger partial charge in [0.05, 0.1) is 0 Å². The highest BCUT2D eigenvalue weighted by atomic mass is 35.5. The van der Waals surface area contributed by atoms with Gasteiger partial charge in [-0.15, -0.1) is 5.10 Å². The van der Waals surface area contributed by atoms with Crippen LogP contribution >= 0.6 is 23.4 Å². The molecule has 0 saturated heterocycles. The molecule has 0 aliphatic heterocycles. The Hall–Kier alpha value is -2.77. The molecule has 3 heterocycles. The van der Waals surface area contributed by atoms with Crippen LogP contribution in [0.4, 0.5) is 0 Å². The zero-order chi connectivity index (χ0) is 18.8. The highest BCUT2D eigenvalue weighted by Crippen LogP contribution is 2.30. The lowest BCUT2D eigenvalue weighted by molar-refractivity contribution is 0.942. The van der Waals surface area contributed by atoms with Crippen molar-refractivity contribution in [2.75, 3.05) is 0 Å². The predicted octanol–water partition coefficient (Wildman–Crippen LogP) is 4.75. The number of nitrogens with zero attached hydrogens (tertiary/aromatic N) is 5. The standard InChI is InChI=1S/C19H15ClN6S/c1-11-12(2)22-16(14-4-3-9-21-10-14)23-18(11)27-19-24-17(25-26-19)13-5-7-15(20)8-6-13/h3-10H,1-2H3,(H,24,25,26). The van der Waals surface area contributed by atoms with Gasteiger partial charge >= 0.3 is 0 Å². The van der Waals surface area contributed by atoms with Crippen LogP contribution in [0.15, 0.2) is 59.0 Å². The molecular weight excluding hydrogens is 380 g/mol. The fourth-order valence-corrected chi connectivity index (χ4v) is 3.40. The van der Waals surface area contributed by atoms with Gasteiger partial charge in [0.15, 0.2) is 11.6 Å². The van der Waals surface area contributed by atoms with Crippen LogP contribution in [0.25, 0.3) is 22.8 Å². The number of aryl methyl sites for hydroxylation is 1. The largest absolute Gasteiger partial charge is 0.264 e. The van der Waals surface area contributed by atoms with Gasteiger partial charge in [-0.1, -0.05) is 11.6 Å². The third-order valence-corrected chi connectivity index (χ3v) is 5.24. The summed E-state index contributed by atoms with van der Waals surface area (Å²) in [5, 5.41) is 9.37. The number of pyridine rings is 1. The number of benzene rings is 1. The first kappa shape index (κ1) is 17.6. The molecule has 1 aromatic carbocycles. The highest BCUT2D eigenvalue weighted by Gasteiger charge is 2.14. The molecule has 0 radical (unpaired) electrons. The molecule has 0 amide bonds. The van der Waals surface area contributed by atoms with E-state index in [2.05, 4.69) is 25.1 Å². The van der Waals surface area contributed by atoms with Gasteiger partial charge in [-0.25, -0.2) is 15.0 Å². The summed E-state index contributed by atoms with van der Waals surface area (Å²) in [5.41, 5.74) is 3.72. The zero-order valence-electron chi connectivity index (χ0n) is 14.6. The number of aromatic nitrogens is 6. The van der Waals surface area contributed by atoms with Crippen LogP contribution in [0, 0.1) is 13.8 Å². The van der Waals surface area contributed by atoms with Crippen LogP contribution in [-0.2, 0) is 0 Å². The molecule has 27 heavy (non-hydrogen) atoms. The summed E-state index contributed by atoms with van der Waals surface area (Å²) in [6, 6.07) is 11.3. The van der Waals surface area contributed by atoms with E-state index in [9.17, 15) is 0 Å². The van der Waals surface area contributed by atoms with Crippen LogP contribution in [0.3, 0.4) is 0 Å². The van der Waals surface area contributed by atoms with Crippen LogP contribution in [0.1, 0.15) is 11.3 Å². The molecule has 4 aromatic rings. The first-order chi connectivity index (χ1) is 13.1. The third-order valence-electron chi connectivity index (χ3n) is 4.03. The maximum absolute atomic E-state index is 5.94. The van der Waals surface area contributed by atoms with Crippen LogP contribution in [0.2, 0.25) is 5.02 Å². The van der Waals surface area contributed by atoms with Crippen molar-refractivity contribution in [3.8, 4) is 22.8 Å². The number of nitrogens with one attached hydrogen (secondary N) is 1. The van der Waals surface area contributed by atoms with Crippen molar-refractivity contribution >= 4 is 23.4 Å². The molecule has 0 spiro atoms. The summed E-state index contributed by atoms with van der Waals surface area (Å²) in [5.74, 6) is 1.33. The van der Waals surface area contributed by atoms with Gasteiger partial charge < -0.3 is 0 Å². The Morgan fingerprint density at radius 3 is 2.52 bits per heavy atom. The van der Waals surface area contributed by atoms with Crippen molar-refractivity contribution in [1.82, 2.24) is 30.1 Å². The van der Waals surface area contributed by atoms with Gasteiger partial charge in [0, 0.05) is 39.8 Å². The summed E-state index contributed by atoms with van der Waals surface area (Å²) in [6.07, 6.45) is 3.48. The lowest BCUT2D eigenvalue weighted by Gasteiger charge is -2.08. The topological polar surface area (TPSA) is 80.2 Å². The van der Waals surface area contributed by atoms with Crippen molar-refractivity contribution in [2.24, 2.45) is 0 Å². The predicted molar refractivity (Wildman–Crippen MR) is 106 cm³/mol. The van der Waals surface area contributed by atoms with E-state index < -0.39 is 0 Å². The fraction of sp³-hybridized carbons (Fsp3) is 0.105. The van der Waals surface area contributed by atoms with E-state index in [1.54, 1.807) is 12.4 Å². The van der Waals surface area contributed by atoms with Crippen molar-refractivity contribution in [3.05, 3.63) is 65.1 Å². The molecule has 0 aliphatic carbocycles. The number of H-pyrrole nitrogens is 1. The second-order valence-corrected chi connectivity index (χ2v) is 7.27. The van der Waals surface area contributed by atoms with Crippen molar-refractivity contribution in [1.29, 1.82) is 0 Å². The summed E-state index contributed by atoms with van der Waals surface area (Å²) >= 11 is 7.35. The van der Waals surface area contributed by atoms with E-state index in [4.69, 9.17) is 16.6 Å². The Labute approximate surface area is 165 Å². The van der Waals surface area contributed by atoms with Gasteiger partial charge in [-0.05, 0) is 62.0 Å². The maximum Gasteiger partial charge on any atom is 0.215 e. The van der Waals surface area contributed by atoms with Crippen LogP contribution < -0.4 is 0 Å². The lowest BCUT2D eigenvalue weighted by Crippen LogP contribution is -1.99. The van der Waals surface area contributed by atoms with Gasteiger partial charge in [0.25, 0.3) is 0 Å². The minimum absolute atomic E-state index is 0.596. The van der Waals surface area contributed by atoms with Gasteiger partial charge in [0.2, 0.25) is 5.16 Å². The first-order valence-electron chi connectivity index (χ1n) is 8.22. The van der Waals surface area contributed by atoms with E-state index in [1.165, 1.54) is 11.8 Å². The summed E-state index contributed by atoms with van der Waals surface area (Å²) in [4.78, 5) is 18.0. The van der Waals surface area contributed by atoms with Gasteiger partial charge in [-0.2, -0.15) is 0 Å². The number of hydrogen-bond donors (Lipinski definition) is 1. The Morgan fingerprint density at radius 1 is 0.963 bits per heavy atom. The van der Waals surface area contributed by atoms with E-state index >= 15 is 0 Å². The SMILES string of the molecule is Cc1nc(-c2cccnc2)nc(Sc2n[nH]c(-c3ccc(Cl)cc3)n2)c1C. The van der Waals surface area contributed by atoms with Crippen LogP contribution in [0.5, 0.6) is 0 Å². The van der Waals surface area contributed by atoms with E-state index in [0.29, 0.717) is 21.8 Å². The minimum atomic E-state index is 0.596. The second kappa shape index (κ2) is 7.46. The molecule has 0 unspecified atom stereocenters. The van der Waals surface area contributed by atoms with Crippen molar-refractivity contribution < 1.29 is 0 Å². The smallest absolute Gasteiger partial charge is 0.215 e. The van der Waals surface area contributed by atoms with E-state index in [-0.39, 0.29) is 0 Å². The Balaban J connectivity index is 1.65. The van der Waals surface area contributed by atoms with E-state index in [1.807, 2.05) is 50.2 Å². The lowest BCUT2D eigenvalue weighted by atomic mass is 10.2. The molecule has 4 rings (SSSR count). The Bertz CT molecular complexity index is 1080. The first-order valence-corrected chi connectivity index (χ1v) is 9.41. The fourth-order valence-electron chi connectivity index (χ4n) is 2.44. The molecule has 0 aliphatic rings. The highest BCUT2D eigenvalue weighted by molar-refractivity contribution is 7.99. The van der Waals surface area contributed by atoms with Crippen molar-refractivity contribution in [3.63, 3.8) is 0 Å². The van der Waals surface area contributed by atoms with E-state index in [0.717, 1.165) is 27.4 Å². The average Bonchev–Trinajstić information content (AvgIpc) is 3.15. The molecule has 0 fully saturated rings. The zero-order valence-corrected chi connectivity index (χ0v) is 16.2. The summed E-state index contributed by atoms with van der Waals surface area (Å²) < 4.78 is 0. The molecule has 0 atom stereocenters. The molecule has 1 N–H and O–H groups in total. The molecule has 8 heteroatoms. The monoisotopic (exact) mass is 394 g/mol. The molecule has 0 bridgehead atoms. The average molecular weight is 395 g/mol. The second-order valence-electron chi connectivity index (χ2n) is 5.88. The number of rotatable bonds is 4. The normalized spacial score (nSPS) is 10.9. The molecule has 134 valence electrons. The summed E-state index contributed by atoms with van der Waals surface area (Å²) in [6.45, 7) is 3.97. The Morgan fingerprint density at radius 2 is 1.78 bits per heavy atom. The van der Waals surface area contributed by atoms with Gasteiger partial charge in [0.1, 0.15) is 5.03 Å². The van der Waals surface area contributed by atoms with Crippen LogP contribution in [-0.4, -0.2) is 30.1 Å². The molecule has 3 aromatic heterocycles. The third kappa shape index (κ3) is 3.84. The van der Waals surface area contributed by atoms with Crippen molar-refractivity contribution in [2.45, 2.75) is 24.0 Å². The minimum Gasteiger partial charge on any atom is -0.264 e. The molecular formula is C19H15ClN6S. The summed E-state index contributed by atoms with van der Waals surface area (Å²) in [7, 11) is 0. The molecule has 6 nitrogen and oxygen atoms in total. The number of aromatic amines is 1. The maximum atomic E-state index is 5.94. The number of halogens is 1. The quantitative estimate of drug-likeness (QED) is 0.503. The Kier molecular flexibility index (Phi) is 4.87.